The van der Waals surface area contributed by atoms with Crippen molar-refractivity contribution < 1.29 is 9.47 Å². The van der Waals surface area contributed by atoms with Gasteiger partial charge in [0.25, 0.3) is 5.56 Å². The molecule has 0 saturated carbocycles. The summed E-state index contributed by atoms with van der Waals surface area (Å²) >= 11 is 1.52. The Morgan fingerprint density at radius 1 is 1.09 bits per heavy atom. The maximum atomic E-state index is 12.4. The number of hydrogen-bond acceptors (Lipinski definition) is 6. The summed E-state index contributed by atoms with van der Waals surface area (Å²) in [6.45, 7) is 6.05. The van der Waals surface area contributed by atoms with Crippen LogP contribution in [0.3, 0.4) is 0 Å². The van der Waals surface area contributed by atoms with E-state index in [9.17, 15) is 4.79 Å². The van der Waals surface area contributed by atoms with Crippen LogP contribution in [0, 0.1) is 0 Å². The van der Waals surface area contributed by atoms with Crippen molar-refractivity contribution in [1.82, 2.24) is 4.98 Å². The van der Waals surface area contributed by atoms with Crippen LogP contribution in [-0.2, 0) is 0 Å². The molecular formula is C16H22N2O3S. The fourth-order valence-corrected chi connectivity index (χ4v) is 3.42. The van der Waals surface area contributed by atoms with Crippen LogP contribution in [0.5, 0.6) is 11.5 Å². The minimum absolute atomic E-state index is 0.220. The highest BCUT2D eigenvalue weighted by atomic mass is 32.1. The van der Waals surface area contributed by atoms with E-state index < -0.39 is 0 Å². The van der Waals surface area contributed by atoms with Gasteiger partial charge in [-0.25, -0.2) is 0 Å². The second-order valence-electron chi connectivity index (χ2n) is 4.99. The van der Waals surface area contributed by atoms with E-state index in [1.807, 2.05) is 6.07 Å². The molecule has 0 bridgehead atoms. The first-order valence-corrected chi connectivity index (χ1v) is 8.28. The highest BCUT2D eigenvalue weighted by Gasteiger charge is 2.14. The number of fused-ring (bicyclic) bond motifs is 1. The predicted molar refractivity (Wildman–Crippen MR) is 91.8 cm³/mol. The van der Waals surface area contributed by atoms with Crippen molar-refractivity contribution in [2.45, 2.75) is 26.7 Å². The third-order valence-electron chi connectivity index (χ3n) is 3.37. The lowest BCUT2D eigenvalue weighted by Crippen LogP contribution is -2.27. The molecule has 0 aliphatic carbocycles. The predicted octanol–water partition coefficient (Wildman–Crippen LogP) is 3.30. The average molecular weight is 322 g/mol. The van der Waals surface area contributed by atoms with Gasteiger partial charge in [-0.1, -0.05) is 25.2 Å². The summed E-state index contributed by atoms with van der Waals surface area (Å²) in [5.41, 5.74) is -0.220. The Morgan fingerprint density at radius 2 is 1.68 bits per heavy atom. The van der Waals surface area contributed by atoms with Crippen LogP contribution in [0.25, 0.3) is 10.1 Å². The topological polar surface area (TPSA) is 51.7 Å². The first-order valence-electron chi connectivity index (χ1n) is 7.46. The zero-order valence-electron chi connectivity index (χ0n) is 13.5. The molecule has 6 heteroatoms. The number of ether oxygens (including phenoxy) is 2. The summed E-state index contributed by atoms with van der Waals surface area (Å²) in [6, 6.07) is 3.55. The van der Waals surface area contributed by atoms with Crippen LogP contribution in [0.2, 0.25) is 0 Å². The molecule has 0 fully saturated rings. The Labute approximate surface area is 134 Å². The molecule has 5 nitrogen and oxygen atoms in total. The first kappa shape index (κ1) is 16.5. The third-order valence-corrected chi connectivity index (χ3v) is 4.46. The highest BCUT2D eigenvalue weighted by molar-refractivity contribution is 7.21. The molecule has 0 atom stereocenters. The van der Waals surface area contributed by atoms with E-state index in [0.29, 0.717) is 16.9 Å². The number of benzene rings is 1. The van der Waals surface area contributed by atoms with E-state index in [1.54, 1.807) is 20.3 Å². The zero-order valence-corrected chi connectivity index (χ0v) is 14.3. The summed E-state index contributed by atoms with van der Waals surface area (Å²) < 4.78 is 11.4. The molecule has 0 amide bonds. The first-order chi connectivity index (χ1) is 10.6. The number of aromatic nitrogens is 1. The summed E-state index contributed by atoms with van der Waals surface area (Å²) in [6.07, 6.45) is 2.04. The van der Waals surface area contributed by atoms with Crippen molar-refractivity contribution in [3.63, 3.8) is 0 Å². The Bertz CT molecular complexity index is 694. The van der Waals surface area contributed by atoms with Crippen molar-refractivity contribution in [1.29, 1.82) is 0 Å². The summed E-state index contributed by atoms with van der Waals surface area (Å²) in [7, 11) is 3.15. The molecule has 22 heavy (non-hydrogen) atoms. The normalized spacial score (nSPS) is 10.7. The second-order valence-corrected chi connectivity index (χ2v) is 6.00. The molecule has 0 saturated heterocycles. The Hall–Kier alpha value is -1.82. The maximum absolute atomic E-state index is 12.4. The minimum atomic E-state index is -0.220. The molecule has 0 N–H and O–H groups in total. The monoisotopic (exact) mass is 322 g/mol. The Kier molecular flexibility index (Phi) is 5.60. The van der Waals surface area contributed by atoms with Gasteiger partial charge < -0.3 is 14.4 Å². The molecule has 120 valence electrons. The standard InChI is InChI=1S/C16H22N2O3S/c1-5-7-18(8-6-2)16-17-15(19)11-9-12(20-3)13(21-4)10-14(11)22-16/h9-10H,5-8H2,1-4H3. The van der Waals surface area contributed by atoms with E-state index in [0.717, 1.165) is 35.8 Å². The van der Waals surface area contributed by atoms with Crippen LogP contribution in [0.15, 0.2) is 16.9 Å². The fraction of sp³-hybridized carbons (Fsp3) is 0.500. The molecule has 0 aliphatic heterocycles. The molecule has 1 aromatic heterocycles. The quantitative estimate of drug-likeness (QED) is 0.783. The largest absolute Gasteiger partial charge is 0.493 e. The van der Waals surface area contributed by atoms with E-state index in [4.69, 9.17) is 9.47 Å². The van der Waals surface area contributed by atoms with Gasteiger partial charge in [0, 0.05) is 23.9 Å². The molecule has 1 aromatic carbocycles. The number of hydrogen-bond donors (Lipinski definition) is 0. The van der Waals surface area contributed by atoms with Gasteiger partial charge in [0.1, 0.15) is 0 Å². The Balaban J connectivity index is 2.58. The lowest BCUT2D eigenvalue weighted by molar-refractivity contribution is 0.356. The molecule has 0 radical (unpaired) electrons. The number of methoxy groups -OCH3 is 2. The van der Waals surface area contributed by atoms with E-state index in [2.05, 4.69) is 23.7 Å². The molecule has 0 spiro atoms. The van der Waals surface area contributed by atoms with E-state index in [1.165, 1.54) is 11.3 Å². The van der Waals surface area contributed by atoms with Gasteiger partial charge in [0.2, 0.25) is 0 Å². The fourth-order valence-electron chi connectivity index (χ4n) is 2.36. The summed E-state index contributed by atoms with van der Waals surface area (Å²) in [5, 5.41) is 1.34. The number of nitrogens with zero attached hydrogens (tertiary/aromatic N) is 2. The second kappa shape index (κ2) is 7.45. The van der Waals surface area contributed by atoms with Gasteiger partial charge in [-0.15, -0.1) is 0 Å². The zero-order chi connectivity index (χ0) is 16.1. The molecule has 2 aromatic rings. The van der Waals surface area contributed by atoms with Crippen LogP contribution in [-0.4, -0.2) is 32.3 Å². The van der Waals surface area contributed by atoms with Crippen LogP contribution < -0.4 is 19.9 Å². The van der Waals surface area contributed by atoms with Gasteiger partial charge >= 0.3 is 0 Å². The minimum Gasteiger partial charge on any atom is -0.493 e. The van der Waals surface area contributed by atoms with Crippen molar-refractivity contribution in [3.05, 3.63) is 22.5 Å². The lowest BCUT2D eigenvalue weighted by atomic mass is 10.2. The maximum Gasteiger partial charge on any atom is 0.281 e. The van der Waals surface area contributed by atoms with Gasteiger partial charge in [0.05, 0.1) is 19.6 Å². The summed E-state index contributed by atoms with van der Waals surface area (Å²) in [5.74, 6) is 1.17. The van der Waals surface area contributed by atoms with Gasteiger partial charge in [0.15, 0.2) is 16.6 Å². The van der Waals surface area contributed by atoms with Crippen molar-refractivity contribution in [3.8, 4) is 11.5 Å². The molecule has 0 aliphatic rings. The van der Waals surface area contributed by atoms with E-state index >= 15 is 0 Å². The van der Waals surface area contributed by atoms with Gasteiger partial charge in [-0.2, -0.15) is 4.98 Å². The van der Waals surface area contributed by atoms with Gasteiger partial charge in [-0.3, -0.25) is 4.79 Å². The van der Waals surface area contributed by atoms with Crippen LogP contribution in [0.4, 0.5) is 5.13 Å². The van der Waals surface area contributed by atoms with Gasteiger partial charge in [-0.05, 0) is 18.9 Å². The number of rotatable bonds is 7. The number of anilines is 1. The lowest BCUT2D eigenvalue weighted by Gasteiger charge is -2.21. The third kappa shape index (κ3) is 3.32. The molecule has 1 heterocycles. The summed E-state index contributed by atoms with van der Waals surface area (Å²) in [4.78, 5) is 18.8. The SMILES string of the molecule is CCCN(CCC)c1nc(=O)c2cc(OC)c(OC)cc2s1. The molecule has 2 rings (SSSR count). The molecular weight excluding hydrogens is 300 g/mol. The van der Waals surface area contributed by atoms with Crippen LogP contribution >= 0.6 is 11.3 Å². The van der Waals surface area contributed by atoms with Crippen molar-refractivity contribution >= 4 is 26.6 Å². The van der Waals surface area contributed by atoms with Crippen molar-refractivity contribution in [2.75, 3.05) is 32.2 Å². The van der Waals surface area contributed by atoms with E-state index in [-0.39, 0.29) is 5.56 Å². The molecule has 0 unspecified atom stereocenters. The van der Waals surface area contributed by atoms with Crippen LogP contribution in [0.1, 0.15) is 26.7 Å². The smallest absolute Gasteiger partial charge is 0.281 e. The van der Waals surface area contributed by atoms with Crippen molar-refractivity contribution in [2.24, 2.45) is 0 Å². The highest BCUT2D eigenvalue weighted by Crippen LogP contribution is 2.34. The Morgan fingerprint density at radius 3 is 2.23 bits per heavy atom. The average Bonchev–Trinajstić information content (AvgIpc) is 2.53.